The molecule has 1 atom stereocenters. The van der Waals surface area contributed by atoms with Crippen LogP contribution in [0.1, 0.15) is 19.3 Å². The average Bonchev–Trinajstić information content (AvgIpc) is 2.50. The molecule has 15 heavy (non-hydrogen) atoms. The minimum absolute atomic E-state index is 0.131. The molecule has 2 heterocycles. The van der Waals surface area contributed by atoms with E-state index in [9.17, 15) is 12.6 Å². The van der Waals surface area contributed by atoms with E-state index in [1.165, 1.54) is 0 Å². The molecule has 0 spiro atoms. The molecule has 2 aliphatic heterocycles. The van der Waals surface area contributed by atoms with Crippen LogP contribution in [-0.4, -0.2) is 47.7 Å². The highest BCUT2D eigenvalue weighted by atomic mass is 32.2. The zero-order valence-corrected chi connectivity index (χ0v) is 10.3. The van der Waals surface area contributed by atoms with E-state index in [0.29, 0.717) is 11.8 Å². The highest BCUT2D eigenvalue weighted by molar-refractivity contribution is 7.91. The molecule has 0 saturated carbocycles. The third-order valence-electron chi connectivity index (χ3n) is 3.09. The second kappa shape index (κ2) is 4.51. The van der Waals surface area contributed by atoms with Crippen LogP contribution in [0.5, 0.6) is 0 Å². The van der Waals surface area contributed by atoms with E-state index in [4.69, 9.17) is 0 Å². The van der Waals surface area contributed by atoms with Crippen molar-refractivity contribution in [3.05, 3.63) is 0 Å². The van der Waals surface area contributed by atoms with Crippen molar-refractivity contribution in [2.45, 2.75) is 31.3 Å². The van der Waals surface area contributed by atoms with E-state index >= 15 is 0 Å². The monoisotopic (exact) mass is 251 g/mol. The Morgan fingerprint density at radius 1 is 1.07 bits per heavy atom. The maximum atomic E-state index is 11.2. The van der Waals surface area contributed by atoms with E-state index in [2.05, 4.69) is 5.32 Å². The fourth-order valence-electron chi connectivity index (χ4n) is 2.22. The van der Waals surface area contributed by atoms with Crippen LogP contribution in [0.15, 0.2) is 0 Å². The van der Waals surface area contributed by atoms with Crippen LogP contribution >= 0.6 is 0 Å². The lowest BCUT2D eigenvalue weighted by Crippen LogP contribution is -2.42. The third kappa shape index (κ3) is 3.26. The van der Waals surface area contributed by atoms with Gasteiger partial charge in [-0.05, 0) is 19.3 Å². The van der Waals surface area contributed by atoms with Gasteiger partial charge in [0.15, 0.2) is 9.84 Å². The molecule has 1 N–H and O–H groups in total. The molecule has 0 bridgehead atoms. The third-order valence-corrected chi connectivity index (χ3v) is 6.24. The second-order valence-electron chi connectivity index (χ2n) is 4.39. The number of rotatable bonds is 2. The van der Waals surface area contributed by atoms with Crippen molar-refractivity contribution < 1.29 is 12.6 Å². The Kier molecular flexibility index (Phi) is 3.47. The molecule has 2 fully saturated rings. The molecule has 0 aromatic carbocycles. The van der Waals surface area contributed by atoms with E-state index < -0.39 is 20.6 Å². The molecule has 0 amide bonds. The molecule has 0 radical (unpaired) electrons. The van der Waals surface area contributed by atoms with Gasteiger partial charge in [0.25, 0.3) is 0 Å². The van der Waals surface area contributed by atoms with Crippen molar-refractivity contribution in [1.82, 2.24) is 5.32 Å². The Hall–Kier alpha value is 0.0600. The van der Waals surface area contributed by atoms with Gasteiger partial charge in [0.05, 0.1) is 11.5 Å². The minimum atomic E-state index is -2.78. The molecule has 2 saturated heterocycles. The van der Waals surface area contributed by atoms with Gasteiger partial charge in [0.1, 0.15) is 0 Å². The number of sulfone groups is 1. The summed E-state index contributed by atoms with van der Waals surface area (Å²) in [5.74, 6) is 2.13. The van der Waals surface area contributed by atoms with Gasteiger partial charge in [-0.3, -0.25) is 4.21 Å². The number of hydrogen-bond donors (Lipinski definition) is 1. The topological polar surface area (TPSA) is 63.2 Å². The minimum Gasteiger partial charge on any atom is -0.310 e. The van der Waals surface area contributed by atoms with Crippen molar-refractivity contribution in [3.63, 3.8) is 0 Å². The lowest BCUT2D eigenvalue weighted by atomic mass is 10.1. The molecular formula is C9H17NO3S2. The maximum absolute atomic E-state index is 11.2. The predicted octanol–water partition coefficient (Wildman–Crippen LogP) is -0.326. The Morgan fingerprint density at radius 3 is 2.27 bits per heavy atom. The maximum Gasteiger partial charge on any atom is 0.151 e. The predicted molar refractivity (Wildman–Crippen MR) is 61.1 cm³/mol. The first-order chi connectivity index (χ1) is 7.05. The fraction of sp³-hybridized carbons (Fsp3) is 1.00. The summed E-state index contributed by atoms with van der Waals surface area (Å²) >= 11 is 0. The molecule has 6 heteroatoms. The molecule has 1 unspecified atom stereocenters. The van der Waals surface area contributed by atoms with E-state index in [-0.39, 0.29) is 11.8 Å². The molecule has 0 aliphatic carbocycles. The normalized spacial score (nSPS) is 40.4. The average molecular weight is 251 g/mol. The van der Waals surface area contributed by atoms with Gasteiger partial charge in [-0.15, -0.1) is 0 Å². The van der Waals surface area contributed by atoms with Crippen molar-refractivity contribution in [2.24, 2.45) is 0 Å². The van der Waals surface area contributed by atoms with Crippen LogP contribution in [0.2, 0.25) is 0 Å². The van der Waals surface area contributed by atoms with Gasteiger partial charge < -0.3 is 5.32 Å². The quantitative estimate of drug-likeness (QED) is 0.730. The second-order valence-corrected chi connectivity index (χ2v) is 8.31. The lowest BCUT2D eigenvalue weighted by Gasteiger charge is -2.25. The van der Waals surface area contributed by atoms with Crippen LogP contribution in [0.3, 0.4) is 0 Å². The van der Waals surface area contributed by atoms with Crippen molar-refractivity contribution in [2.75, 3.05) is 23.0 Å². The molecule has 88 valence electrons. The summed E-state index contributed by atoms with van der Waals surface area (Å²) in [7, 11) is -3.42. The van der Waals surface area contributed by atoms with Crippen LogP contribution in [0.4, 0.5) is 0 Å². The lowest BCUT2D eigenvalue weighted by molar-refractivity contribution is 0.422. The molecular weight excluding hydrogens is 234 g/mol. The summed E-state index contributed by atoms with van der Waals surface area (Å²) in [6.45, 7) is 0. The van der Waals surface area contributed by atoms with Gasteiger partial charge in [-0.25, -0.2) is 8.42 Å². The van der Waals surface area contributed by atoms with E-state index in [0.717, 1.165) is 30.8 Å². The SMILES string of the molecule is O=S1CCC(NC2CCS(=O)(=O)C2)CC1. The molecule has 0 aromatic heterocycles. The van der Waals surface area contributed by atoms with E-state index in [1.54, 1.807) is 0 Å². The summed E-state index contributed by atoms with van der Waals surface area (Å²) in [5, 5.41) is 3.38. The summed E-state index contributed by atoms with van der Waals surface area (Å²) < 4.78 is 33.6. The van der Waals surface area contributed by atoms with Gasteiger partial charge in [-0.1, -0.05) is 0 Å². The summed E-state index contributed by atoms with van der Waals surface area (Å²) in [4.78, 5) is 0. The largest absolute Gasteiger partial charge is 0.310 e. The number of hydrogen-bond acceptors (Lipinski definition) is 4. The summed E-state index contributed by atoms with van der Waals surface area (Å²) in [5.41, 5.74) is 0. The van der Waals surface area contributed by atoms with Gasteiger partial charge in [0, 0.05) is 34.4 Å². The van der Waals surface area contributed by atoms with Crippen molar-refractivity contribution >= 4 is 20.6 Å². The van der Waals surface area contributed by atoms with Crippen LogP contribution in [0, 0.1) is 0 Å². The first-order valence-electron chi connectivity index (χ1n) is 5.37. The highest BCUT2D eigenvalue weighted by Crippen LogP contribution is 2.15. The van der Waals surface area contributed by atoms with Crippen LogP contribution in [0.25, 0.3) is 0 Å². The Balaban J connectivity index is 1.81. The molecule has 0 aromatic rings. The Bertz CT molecular complexity index is 342. The Labute approximate surface area is 93.2 Å². The zero-order chi connectivity index (χ0) is 10.9. The Morgan fingerprint density at radius 2 is 1.73 bits per heavy atom. The summed E-state index contributed by atoms with van der Waals surface area (Å²) in [6.07, 6.45) is 2.58. The standard InChI is InChI=1S/C9H17NO3S2/c11-14-4-1-8(2-5-14)10-9-3-6-15(12,13)7-9/h8-10H,1-7H2. The van der Waals surface area contributed by atoms with Crippen molar-refractivity contribution in [1.29, 1.82) is 0 Å². The first kappa shape index (κ1) is 11.5. The molecule has 4 nitrogen and oxygen atoms in total. The van der Waals surface area contributed by atoms with E-state index in [1.807, 2.05) is 0 Å². The van der Waals surface area contributed by atoms with Crippen LogP contribution < -0.4 is 5.32 Å². The van der Waals surface area contributed by atoms with Crippen LogP contribution in [-0.2, 0) is 20.6 Å². The highest BCUT2D eigenvalue weighted by Gasteiger charge is 2.30. The first-order valence-corrected chi connectivity index (χ1v) is 8.67. The van der Waals surface area contributed by atoms with Gasteiger partial charge in [0.2, 0.25) is 0 Å². The smallest absolute Gasteiger partial charge is 0.151 e. The van der Waals surface area contributed by atoms with Gasteiger partial charge in [-0.2, -0.15) is 0 Å². The summed E-state index contributed by atoms with van der Waals surface area (Å²) in [6, 6.07) is 0.507. The molecule has 2 aliphatic rings. The van der Waals surface area contributed by atoms with Gasteiger partial charge >= 0.3 is 0 Å². The number of nitrogens with one attached hydrogen (secondary N) is 1. The molecule has 2 rings (SSSR count). The van der Waals surface area contributed by atoms with Crippen molar-refractivity contribution in [3.8, 4) is 0 Å². The zero-order valence-electron chi connectivity index (χ0n) is 8.65. The fourth-order valence-corrected chi connectivity index (χ4v) is 5.21.